The van der Waals surface area contributed by atoms with Gasteiger partial charge in [-0.15, -0.1) is 10.2 Å². The standard InChI is InChI=1S/C18H12ClF3N4/c1-10-24-25-16-9-23-17(12-4-2-3-5-14(12)19)13-8-11(18(20,21)22)6-7-15(13)26(10)16/h2-8H,9H2,1H3. The van der Waals surface area contributed by atoms with E-state index in [9.17, 15) is 13.2 Å². The Kier molecular flexibility index (Phi) is 3.84. The molecule has 0 atom stereocenters. The fourth-order valence-electron chi connectivity index (χ4n) is 3.04. The predicted octanol–water partition coefficient (Wildman–Crippen LogP) is 4.60. The van der Waals surface area contributed by atoms with E-state index in [1.54, 1.807) is 35.8 Å². The van der Waals surface area contributed by atoms with Crippen LogP contribution in [-0.4, -0.2) is 20.5 Å². The number of aryl methyl sites for hydroxylation is 1. The quantitative estimate of drug-likeness (QED) is 0.623. The Hall–Kier alpha value is -2.67. The Balaban J connectivity index is 2.03. The molecule has 0 bridgehead atoms. The van der Waals surface area contributed by atoms with Gasteiger partial charge in [-0.1, -0.05) is 29.8 Å². The molecule has 4 rings (SSSR count). The van der Waals surface area contributed by atoms with Crippen LogP contribution in [0.2, 0.25) is 5.02 Å². The van der Waals surface area contributed by atoms with Gasteiger partial charge in [0.1, 0.15) is 12.4 Å². The number of hydrogen-bond donors (Lipinski definition) is 0. The minimum Gasteiger partial charge on any atom is -0.281 e. The molecule has 26 heavy (non-hydrogen) atoms. The Morgan fingerprint density at radius 2 is 1.81 bits per heavy atom. The molecule has 0 unspecified atom stereocenters. The zero-order chi connectivity index (χ0) is 18.5. The van der Waals surface area contributed by atoms with Gasteiger partial charge in [0.2, 0.25) is 0 Å². The molecule has 0 N–H and O–H groups in total. The fourth-order valence-corrected chi connectivity index (χ4v) is 3.26. The van der Waals surface area contributed by atoms with Crippen molar-refractivity contribution in [2.24, 2.45) is 4.99 Å². The maximum Gasteiger partial charge on any atom is 0.416 e. The van der Waals surface area contributed by atoms with Gasteiger partial charge in [-0.2, -0.15) is 13.2 Å². The van der Waals surface area contributed by atoms with Crippen molar-refractivity contribution in [1.82, 2.24) is 14.8 Å². The van der Waals surface area contributed by atoms with Crippen molar-refractivity contribution in [3.63, 3.8) is 0 Å². The van der Waals surface area contributed by atoms with Gasteiger partial charge in [0.05, 0.1) is 17.0 Å². The first-order chi connectivity index (χ1) is 12.4. The lowest BCUT2D eigenvalue weighted by atomic mass is 9.98. The molecular formula is C18H12ClF3N4. The van der Waals surface area contributed by atoms with Crippen molar-refractivity contribution in [2.45, 2.75) is 19.6 Å². The molecule has 1 aliphatic rings. The van der Waals surface area contributed by atoms with Crippen molar-refractivity contribution in [3.05, 3.63) is 75.8 Å². The molecule has 1 aliphatic heterocycles. The summed E-state index contributed by atoms with van der Waals surface area (Å²) in [5.41, 5.74) is 1.12. The second-order valence-electron chi connectivity index (χ2n) is 5.87. The molecule has 4 nitrogen and oxygen atoms in total. The maximum atomic E-state index is 13.3. The maximum absolute atomic E-state index is 13.3. The zero-order valence-electron chi connectivity index (χ0n) is 13.5. The Morgan fingerprint density at radius 1 is 1.04 bits per heavy atom. The van der Waals surface area contributed by atoms with E-state index in [1.807, 2.05) is 0 Å². The number of hydrogen-bond acceptors (Lipinski definition) is 3. The lowest BCUT2D eigenvalue weighted by Gasteiger charge is -2.16. The van der Waals surface area contributed by atoms with E-state index in [1.165, 1.54) is 6.07 Å². The number of aromatic nitrogens is 3. The Morgan fingerprint density at radius 3 is 2.54 bits per heavy atom. The molecular weight excluding hydrogens is 365 g/mol. The SMILES string of the molecule is Cc1nnc2n1-c1ccc(C(F)(F)F)cc1C(c1ccccc1Cl)=NC2. The summed E-state index contributed by atoms with van der Waals surface area (Å²) in [4.78, 5) is 4.51. The first-order valence-electron chi connectivity index (χ1n) is 7.78. The van der Waals surface area contributed by atoms with E-state index in [4.69, 9.17) is 11.6 Å². The lowest BCUT2D eigenvalue weighted by molar-refractivity contribution is -0.137. The molecule has 8 heteroatoms. The lowest BCUT2D eigenvalue weighted by Crippen LogP contribution is -2.12. The van der Waals surface area contributed by atoms with Crippen LogP contribution in [0.15, 0.2) is 47.5 Å². The summed E-state index contributed by atoms with van der Waals surface area (Å²) in [7, 11) is 0. The molecule has 132 valence electrons. The van der Waals surface area contributed by atoms with E-state index < -0.39 is 11.7 Å². The number of fused-ring (bicyclic) bond motifs is 3. The molecule has 0 fully saturated rings. The van der Waals surface area contributed by atoms with E-state index in [0.717, 1.165) is 12.1 Å². The first-order valence-corrected chi connectivity index (χ1v) is 8.16. The molecule has 0 aliphatic carbocycles. The highest BCUT2D eigenvalue weighted by Gasteiger charge is 2.33. The van der Waals surface area contributed by atoms with E-state index in [-0.39, 0.29) is 6.54 Å². The molecule has 2 heterocycles. The molecule has 0 saturated heterocycles. The Bertz CT molecular complexity index is 1040. The van der Waals surface area contributed by atoms with Crippen molar-refractivity contribution in [2.75, 3.05) is 0 Å². The summed E-state index contributed by atoms with van der Waals surface area (Å²) in [5, 5.41) is 8.53. The van der Waals surface area contributed by atoms with Gasteiger partial charge >= 0.3 is 6.18 Å². The molecule has 2 aromatic carbocycles. The molecule has 0 saturated carbocycles. The second-order valence-corrected chi connectivity index (χ2v) is 6.28. The number of halogens is 4. The van der Waals surface area contributed by atoms with Gasteiger partial charge in [0.25, 0.3) is 0 Å². The summed E-state index contributed by atoms with van der Waals surface area (Å²) in [5.74, 6) is 1.14. The van der Waals surface area contributed by atoms with Crippen molar-refractivity contribution in [1.29, 1.82) is 0 Å². The fraction of sp³-hybridized carbons (Fsp3) is 0.167. The van der Waals surface area contributed by atoms with Gasteiger partial charge in [-0.05, 0) is 31.2 Å². The summed E-state index contributed by atoms with van der Waals surface area (Å²) >= 11 is 6.29. The second kappa shape index (κ2) is 5.95. The van der Waals surface area contributed by atoms with Gasteiger partial charge in [-0.25, -0.2) is 0 Å². The topological polar surface area (TPSA) is 43.1 Å². The predicted molar refractivity (Wildman–Crippen MR) is 91.9 cm³/mol. The largest absolute Gasteiger partial charge is 0.416 e. The van der Waals surface area contributed by atoms with Crippen LogP contribution in [0.4, 0.5) is 13.2 Å². The minimum absolute atomic E-state index is 0.192. The van der Waals surface area contributed by atoms with Crippen molar-refractivity contribution in [3.8, 4) is 5.69 Å². The smallest absolute Gasteiger partial charge is 0.281 e. The van der Waals surface area contributed by atoms with Crippen LogP contribution >= 0.6 is 11.6 Å². The average Bonchev–Trinajstić information content (AvgIpc) is 2.87. The van der Waals surface area contributed by atoms with Crippen LogP contribution in [0.25, 0.3) is 5.69 Å². The number of alkyl halides is 3. The highest BCUT2D eigenvalue weighted by atomic mass is 35.5. The zero-order valence-corrected chi connectivity index (χ0v) is 14.3. The molecule has 1 aromatic heterocycles. The van der Waals surface area contributed by atoms with Crippen LogP contribution in [0.5, 0.6) is 0 Å². The molecule has 3 aromatic rings. The van der Waals surface area contributed by atoms with Crippen molar-refractivity contribution < 1.29 is 13.2 Å². The monoisotopic (exact) mass is 376 g/mol. The summed E-state index contributed by atoms with van der Waals surface area (Å²) < 4.78 is 41.6. The number of nitrogens with zero attached hydrogens (tertiary/aromatic N) is 4. The van der Waals surface area contributed by atoms with Crippen molar-refractivity contribution >= 4 is 17.3 Å². The van der Waals surface area contributed by atoms with Gasteiger partial charge in [0, 0.05) is 16.1 Å². The van der Waals surface area contributed by atoms with Crippen LogP contribution in [0.1, 0.15) is 28.3 Å². The molecule has 0 spiro atoms. The van der Waals surface area contributed by atoms with Gasteiger partial charge < -0.3 is 0 Å². The normalized spacial score (nSPS) is 13.7. The first kappa shape index (κ1) is 16.8. The minimum atomic E-state index is -4.46. The third-order valence-corrected chi connectivity index (χ3v) is 4.55. The van der Waals surface area contributed by atoms with Gasteiger partial charge in [-0.3, -0.25) is 9.56 Å². The summed E-state index contributed by atoms with van der Waals surface area (Å²) in [6.45, 7) is 1.94. The van der Waals surface area contributed by atoms with E-state index in [0.29, 0.717) is 39.2 Å². The molecule has 0 radical (unpaired) electrons. The average molecular weight is 377 g/mol. The van der Waals surface area contributed by atoms with E-state index >= 15 is 0 Å². The highest BCUT2D eigenvalue weighted by Crippen LogP contribution is 2.34. The highest BCUT2D eigenvalue weighted by molar-refractivity contribution is 6.35. The molecule has 0 amide bonds. The third kappa shape index (κ3) is 2.68. The van der Waals surface area contributed by atoms with Crippen LogP contribution in [0.3, 0.4) is 0 Å². The van der Waals surface area contributed by atoms with Crippen LogP contribution in [0, 0.1) is 6.92 Å². The van der Waals surface area contributed by atoms with Crippen LogP contribution in [-0.2, 0) is 12.7 Å². The number of benzene rings is 2. The van der Waals surface area contributed by atoms with Gasteiger partial charge in [0.15, 0.2) is 5.82 Å². The third-order valence-electron chi connectivity index (χ3n) is 4.22. The summed E-state index contributed by atoms with van der Waals surface area (Å²) in [6.07, 6.45) is -4.46. The number of rotatable bonds is 1. The van der Waals surface area contributed by atoms with E-state index in [2.05, 4.69) is 15.2 Å². The number of aliphatic imine (C=N–C) groups is 1. The summed E-state index contributed by atoms with van der Waals surface area (Å²) in [6, 6.07) is 10.5. The Labute approximate surface area is 152 Å². The van der Waals surface area contributed by atoms with Crippen LogP contribution < -0.4 is 0 Å².